The van der Waals surface area contributed by atoms with Crippen LogP contribution < -0.4 is 4.72 Å². The monoisotopic (exact) mass is 420 g/mol. The summed E-state index contributed by atoms with van der Waals surface area (Å²) >= 11 is 0. The number of hydrogen-bond donors (Lipinski definition) is 1. The van der Waals surface area contributed by atoms with Crippen LogP contribution in [0.5, 0.6) is 0 Å². The summed E-state index contributed by atoms with van der Waals surface area (Å²) in [6.07, 6.45) is 0. The number of carbonyl (C=O) groups is 3. The number of ether oxygens (including phenoxy) is 2. The van der Waals surface area contributed by atoms with Crippen molar-refractivity contribution in [3.05, 3.63) is 60.2 Å². The molecule has 0 radical (unpaired) electrons. The molecule has 0 unspecified atom stereocenters. The lowest BCUT2D eigenvalue weighted by atomic mass is 10.2. The molecule has 0 heterocycles. The zero-order valence-corrected chi connectivity index (χ0v) is 16.6. The van der Waals surface area contributed by atoms with Crippen molar-refractivity contribution in [3.63, 3.8) is 0 Å². The Labute approximate surface area is 168 Å². The van der Waals surface area contributed by atoms with Gasteiger partial charge in [0.25, 0.3) is 15.9 Å². The van der Waals surface area contributed by atoms with Crippen molar-refractivity contribution in [1.82, 2.24) is 4.90 Å². The first-order valence-corrected chi connectivity index (χ1v) is 9.86. The minimum atomic E-state index is -3.77. The minimum Gasteiger partial charge on any atom is -0.468 e. The van der Waals surface area contributed by atoms with Crippen LogP contribution in [0.4, 0.5) is 5.69 Å². The number of sulfonamides is 1. The van der Waals surface area contributed by atoms with Crippen molar-refractivity contribution in [2.24, 2.45) is 0 Å². The Morgan fingerprint density at radius 3 is 1.86 bits per heavy atom. The molecule has 0 aliphatic rings. The average molecular weight is 420 g/mol. The summed E-state index contributed by atoms with van der Waals surface area (Å²) in [5.41, 5.74) is 0.401. The number of benzene rings is 2. The molecule has 0 spiro atoms. The zero-order chi connectivity index (χ0) is 21.4. The molecule has 0 bridgehead atoms. The largest absolute Gasteiger partial charge is 0.468 e. The Balaban J connectivity index is 2.17. The number of esters is 2. The van der Waals surface area contributed by atoms with Crippen molar-refractivity contribution >= 4 is 33.6 Å². The lowest BCUT2D eigenvalue weighted by Crippen LogP contribution is -2.40. The third-order valence-corrected chi connectivity index (χ3v) is 5.22. The molecular weight excluding hydrogens is 400 g/mol. The molecule has 2 aromatic carbocycles. The van der Waals surface area contributed by atoms with Gasteiger partial charge in [0.15, 0.2) is 0 Å². The third kappa shape index (κ3) is 6.04. The van der Waals surface area contributed by atoms with Gasteiger partial charge in [0.1, 0.15) is 13.1 Å². The van der Waals surface area contributed by atoms with Crippen LogP contribution in [0.3, 0.4) is 0 Å². The number of amides is 1. The van der Waals surface area contributed by atoms with E-state index in [9.17, 15) is 22.8 Å². The van der Waals surface area contributed by atoms with E-state index in [1.165, 1.54) is 36.4 Å². The number of methoxy groups -OCH3 is 2. The lowest BCUT2D eigenvalue weighted by Gasteiger charge is -2.20. The van der Waals surface area contributed by atoms with Gasteiger partial charge < -0.3 is 14.4 Å². The molecule has 0 saturated carbocycles. The van der Waals surface area contributed by atoms with E-state index in [0.29, 0.717) is 0 Å². The van der Waals surface area contributed by atoms with E-state index in [-0.39, 0.29) is 16.1 Å². The van der Waals surface area contributed by atoms with Gasteiger partial charge in [-0.15, -0.1) is 0 Å². The quantitative estimate of drug-likeness (QED) is 0.639. The molecule has 0 atom stereocenters. The van der Waals surface area contributed by atoms with Crippen LogP contribution in [0.1, 0.15) is 10.4 Å². The van der Waals surface area contributed by atoms with Crippen molar-refractivity contribution in [1.29, 1.82) is 0 Å². The van der Waals surface area contributed by atoms with Crippen molar-refractivity contribution in [3.8, 4) is 0 Å². The smallest absolute Gasteiger partial charge is 0.325 e. The van der Waals surface area contributed by atoms with Crippen molar-refractivity contribution in [2.75, 3.05) is 32.0 Å². The second-order valence-electron chi connectivity index (χ2n) is 5.81. The van der Waals surface area contributed by atoms with Crippen LogP contribution in [-0.2, 0) is 29.1 Å². The predicted octanol–water partition coefficient (Wildman–Crippen LogP) is 1.28. The summed E-state index contributed by atoms with van der Waals surface area (Å²) in [5.74, 6) is -2.01. The summed E-state index contributed by atoms with van der Waals surface area (Å²) < 4.78 is 36.2. The first-order chi connectivity index (χ1) is 13.8. The maximum absolute atomic E-state index is 12.6. The van der Waals surface area contributed by atoms with Crippen molar-refractivity contribution < 1.29 is 32.3 Å². The van der Waals surface area contributed by atoms with Gasteiger partial charge >= 0.3 is 11.9 Å². The highest BCUT2D eigenvalue weighted by Gasteiger charge is 2.22. The molecule has 0 aliphatic heterocycles. The standard InChI is InChI=1S/C19H20N2O7S/c1-27-17(22)12-21(13-18(23)28-2)19(24)14-8-10-15(11-9-14)20-29(25,26)16-6-4-3-5-7-16/h3-11,20H,12-13H2,1-2H3. The third-order valence-electron chi connectivity index (χ3n) is 3.82. The molecule has 1 N–H and O–H groups in total. The van der Waals surface area contributed by atoms with Gasteiger partial charge in [-0.25, -0.2) is 8.42 Å². The number of nitrogens with zero attached hydrogens (tertiary/aromatic N) is 1. The topological polar surface area (TPSA) is 119 Å². The highest BCUT2D eigenvalue weighted by atomic mass is 32.2. The number of nitrogens with one attached hydrogen (secondary N) is 1. The fourth-order valence-corrected chi connectivity index (χ4v) is 3.40. The summed E-state index contributed by atoms with van der Waals surface area (Å²) in [4.78, 5) is 36.8. The van der Waals surface area contributed by atoms with Crippen LogP contribution in [0.15, 0.2) is 59.5 Å². The lowest BCUT2D eigenvalue weighted by molar-refractivity contribution is -0.144. The van der Waals surface area contributed by atoms with Gasteiger partial charge in [0, 0.05) is 11.3 Å². The molecule has 0 aliphatic carbocycles. The van der Waals surface area contributed by atoms with Gasteiger partial charge in [-0.1, -0.05) is 18.2 Å². The van der Waals surface area contributed by atoms with Gasteiger partial charge in [-0.2, -0.15) is 0 Å². The van der Waals surface area contributed by atoms with Gasteiger partial charge in [0.05, 0.1) is 19.1 Å². The van der Waals surface area contributed by atoms with E-state index in [1.54, 1.807) is 18.2 Å². The maximum atomic E-state index is 12.6. The van der Waals surface area contributed by atoms with Crippen LogP contribution in [0, 0.1) is 0 Å². The second-order valence-corrected chi connectivity index (χ2v) is 7.49. The van der Waals surface area contributed by atoms with Crippen LogP contribution in [0.2, 0.25) is 0 Å². The average Bonchev–Trinajstić information content (AvgIpc) is 2.73. The van der Waals surface area contributed by atoms with Crippen LogP contribution >= 0.6 is 0 Å². The molecule has 10 heteroatoms. The molecule has 1 amide bonds. The highest BCUT2D eigenvalue weighted by Crippen LogP contribution is 2.17. The van der Waals surface area contributed by atoms with E-state index in [1.807, 2.05) is 0 Å². The minimum absolute atomic E-state index is 0.0995. The molecular formula is C19H20N2O7S. The van der Waals surface area contributed by atoms with Crippen LogP contribution in [-0.4, -0.2) is 58.5 Å². The molecule has 0 saturated heterocycles. The fraction of sp³-hybridized carbons (Fsp3) is 0.211. The first kappa shape index (κ1) is 21.9. The summed E-state index contributed by atoms with van der Waals surface area (Å²) in [6.45, 7) is -0.875. The number of carbonyl (C=O) groups excluding carboxylic acids is 3. The Bertz CT molecular complexity index is 955. The predicted molar refractivity (Wildman–Crippen MR) is 104 cm³/mol. The Kier molecular flexibility index (Phi) is 7.32. The number of hydrogen-bond acceptors (Lipinski definition) is 7. The molecule has 9 nitrogen and oxygen atoms in total. The molecule has 0 aromatic heterocycles. The molecule has 2 rings (SSSR count). The van der Waals surface area contributed by atoms with E-state index in [0.717, 1.165) is 19.1 Å². The Hall–Kier alpha value is -3.40. The first-order valence-electron chi connectivity index (χ1n) is 8.37. The van der Waals surface area contributed by atoms with E-state index >= 15 is 0 Å². The Morgan fingerprint density at radius 1 is 0.862 bits per heavy atom. The Morgan fingerprint density at radius 2 is 1.38 bits per heavy atom. The van der Waals surface area contributed by atoms with Crippen LogP contribution in [0.25, 0.3) is 0 Å². The summed E-state index contributed by atoms with van der Waals surface area (Å²) in [7, 11) is -1.44. The zero-order valence-electron chi connectivity index (χ0n) is 15.8. The van der Waals surface area contributed by atoms with E-state index < -0.39 is 41.0 Å². The van der Waals surface area contributed by atoms with E-state index in [2.05, 4.69) is 14.2 Å². The van der Waals surface area contributed by atoms with Gasteiger partial charge in [-0.3, -0.25) is 19.1 Å². The summed E-state index contributed by atoms with van der Waals surface area (Å²) in [5, 5.41) is 0. The van der Waals surface area contributed by atoms with Gasteiger partial charge in [-0.05, 0) is 36.4 Å². The normalized spacial score (nSPS) is 10.7. The highest BCUT2D eigenvalue weighted by molar-refractivity contribution is 7.92. The molecule has 2 aromatic rings. The maximum Gasteiger partial charge on any atom is 0.325 e. The fourth-order valence-electron chi connectivity index (χ4n) is 2.32. The number of rotatable bonds is 8. The molecule has 154 valence electrons. The molecule has 29 heavy (non-hydrogen) atoms. The number of anilines is 1. The second kappa shape index (κ2) is 9.69. The van der Waals surface area contributed by atoms with Gasteiger partial charge in [0.2, 0.25) is 0 Å². The van der Waals surface area contributed by atoms with E-state index in [4.69, 9.17) is 0 Å². The molecule has 0 fully saturated rings. The van der Waals surface area contributed by atoms with Crippen molar-refractivity contribution in [2.45, 2.75) is 4.90 Å². The SMILES string of the molecule is COC(=O)CN(CC(=O)OC)C(=O)c1ccc(NS(=O)(=O)c2ccccc2)cc1. The summed E-state index contributed by atoms with van der Waals surface area (Å²) in [6, 6.07) is 13.4.